The number of hydrogen-bond donors (Lipinski definition) is 1. The number of aliphatic hydroxyl groups is 1. The van der Waals surface area contributed by atoms with Crippen LogP contribution in [0.1, 0.15) is 11.7 Å². The second kappa shape index (κ2) is 4.49. The molecular weight excluding hydrogens is 244 g/mol. The second-order valence-corrected chi connectivity index (χ2v) is 5.07. The molecule has 76 valence electrons. The number of nitrogens with zero attached hydrogens (tertiary/aromatic N) is 1. The molecule has 0 spiro atoms. The summed E-state index contributed by atoms with van der Waals surface area (Å²) in [5, 5.41) is 9.62. The third-order valence-corrected chi connectivity index (χ3v) is 2.30. The Bertz CT molecular complexity index is 335. The van der Waals surface area contributed by atoms with Gasteiger partial charge >= 0.3 is 0 Å². The maximum Gasteiger partial charge on any atom is 0.220 e. The first-order chi connectivity index (χ1) is 6.45. The van der Waals surface area contributed by atoms with Crippen molar-refractivity contribution in [3.63, 3.8) is 0 Å². The first-order valence-corrected chi connectivity index (χ1v) is 4.90. The van der Waals surface area contributed by atoms with Gasteiger partial charge in [0.25, 0.3) is 0 Å². The van der Waals surface area contributed by atoms with Crippen LogP contribution in [0.4, 0.5) is 5.69 Å². The van der Waals surface area contributed by atoms with Gasteiger partial charge in [-0.1, -0.05) is 46.9 Å². The molecule has 0 heterocycles. The highest BCUT2D eigenvalue weighted by Gasteiger charge is 2.32. The van der Waals surface area contributed by atoms with E-state index in [0.29, 0.717) is 11.3 Å². The lowest BCUT2D eigenvalue weighted by Gasteiger charge is -2.19. The summed E-state index contributed by atoms with van der Waals surface area (Å²) in [7, 11) is 0. The summed E-state index contributed by atoms with van der Waals surface area (Å²) in [6.45, 7) is 3.36. The van der Waals surface area contributed by atoms with Gasteiger partial charge in [-0.2, -0.15) is 0 Å². The molecule has 0 radical (unpaired) electrons. The Balaban J connectivity index is 3.01. The smallest absolute Gasteiger partial charge is 0.220 e. The fourth-order valence-corrected chi connectivity index (χ4v) is 1.36. The van der Waals surface area contributed by atoms with Crippen LogP contribution in [0.5, 0.6) is 0 Å². The molecular formula is C9H8Cl3NO. The topological polar surface area (TPSA) is 32.6 Å². The summed E-state index contributed by atoms with van der Waals surface area (Å²) in [5.74, 6) is 0. The van der Waals surface area contributed by atoms with E-state index < -0.39 is 9.90 Å². The Kier molecular flexibility index (Phi) is 3.78. The van der Waals surface area contributed by atoms with E-state index in [1.165, 1.54) is 0 Å². The van der Waals surface area contributed by atoms with Crippen molar-refractivity contribution in [2.24, 2.45) is 4.99 Å². The standard InChI is InChI=1S/C9H8Cl3NO/c1-13-7-4-2-3-6(5-7)8(14)9(10,11)12/h2-5,8,14H,1H2. The molecule has 0 amide bonds. The summed E-state index contributed by atoms with van der Waals surface area (Å²) in [6, 6.07) is 6.71. The average Bonchev–Trinajstić information content (AvgIpc) is 2.15. The molecule has 1 rings (SSSR count). The molecule has 1 aromatic carbocycles. The maximum absolute atomic E-state index is 9.62. The van der Waals surface area contributed by atoms with Crippen molar-refractivity contribution in [2.75, 3.05) is 0 Å². The molecule has 0 bridgehead atoms. The van der Waals surface area contributed by atoms with Crippen LogP contribution in [-0.4, -0.2) is 15.6 Å². The van der Waals surface area contributed by atoms with E-state index in [4.69, 9.17) is 34.8 Å². The molecule has 1 atom stereocenters. The SMILES string of the molecule is C=Nc1cccc(C(O)C(Cl)(Cl)Cl)c1. The van der Waals surface area contributed by atoms with Crippen molar-refractivity contribution in [1.29, 1.82) is 0 Å². The maximum atomic E-state index is 9.62. The molecule has 1 aromatic rings. The Morgan fingerprint density at radius 2 is 2.00 bits per heavy atom. The first-order valence-electron chi connectivity index (χ1n) is 3.76. The van der Waals surface area contributed by atoms with Crippen molar-refractivity contribution in [3.8, 4) is 0 Å². The number of aliphatic imine (C=N–C) groups is 1. The predicted molar refractivity (Wildman–Crippen MR) is 60.9 cm³/mol. The zero-order valence-corrected chi connectivity index (χ0v) is 9.39. The highest BCUT2D eigenvalue weighted by atomic mass is 35.6. The van der Waals surface area contributed by atoms with Crippen LogP contribution >= 0.6 is 34.8 Å². The predicted octanol–water partition coefficient (Wildman–Crippen LogP) is 3.42. The van der Waals surface area contributed by atoms with Crippen LogP contribution in [0.3, 0.4) is 0 Å². The Morgan fingerprint density at radius 3 is 2.50 bits per heavy atom. The van der Waals surface area contributed by atoms with E-state index in [0.717, 1.165) is 0 Å². The van der Waals surface area contributed by atoms with Gasteiger partial charge in [0.2, 0.25) is 3.79 Å². The zero-order chi connectivity index (χ0) is 10.8. The number of rotatable bonds is 2. The fraction of sp³-hybridized carbons (Fsp3) is 0.222. The van der Waals surface area contributed by atoms with Gasteiger partial charge in [-0.15, -0.1) is 0 Å². The van der Waals surface area contributed by atoms with Gasteiger partial charge in [-0.25, -0.2) is 0 Å². The minimum absolute atomic E-state index is 0.495. The first kappa shape index (κ1) is 11.8. The molecule has 14 heavy (non-hydrogen) atoms. The van der Waals surface area contributed by atoms with Crippen molar-refractivity contribution in [2.45, 2.75) is 9.90 Å². The highest BCUT2D eigenvalue weighted by Crippen LogP contribution is 2.40. The number of benzene rings is 1. The lowest BCUT2D eigenvalue weighted by Crippen LogP contribution is -2.16. The summed E-state index contributed by atoms with van der Waals surface area (Å²) < 4.78 is -1.74. The van der Waals surface area contributed by atoms with Crippen LogP contribution in [0.25, 0.3) is 0 Å². The third-order valence-electron chi connectivity index (χ3n) is 1.68. The van der Waals surface area contributed by atoms with Crippen LogP contribution in [-0.2, 0) is 0 Å². The molecule has 1 unspecified atom stereocenters. The van der Waals surface area contributed by atoms with E-state index in [-0.39, 0.29) is 0 Å². The van der Waals surface area contributed by atoms with Crippen LogP contribution in [0.15, 0.2) is 29.3 Å². The van der Waals surface area contributed by atoms with E-state index in [1.807, 2.05) is 0 Å². The van der Waals surface area contributed by atoms with Crippen molar-refractivity contribution < 1.29 is 5.11 Å². The normalized spacial score (nSPS) is 13.7. The summed E-state index contributed by atoms with van der Waals surface area (Å²) in [4.78, 5) is 3.71. The van der Waals surface area contributed by atoms with Crippen molar-refractivity contribution >= 4 is 47.2 Å². The van der Waals surface area contributed by atoms with Crippen LogP contribution in [0.2, 0.25) is 0 Å². The zero-order valence-electron chi connectivity index (χ0n) is 7.12. The molecule has 0 saturated carbocycles. The van der Waals surface area contributed by atoms with Crippen molar-refractivity contribution in [3.05, 3.63) is 29.8 Å². The van der Waals surface area contributed by atoms with Gasteiger partial charge in [-0.05, 0) is 24.4 Å². The van der Waals surface area contributed by atoms with Crippen LogP contribution < -0.4 is 0 Å². The van der Waals surface area contributed by atoms with E-state index in [9.17, 15) is 5.11 Å². The summed E-state index contributed by atoms with van der Waals surface area (Å²) in [5.41, 5.74) is 1.12. The fourth-order valence-electron chi connectivity index (χ4n) is 0.982. The van der Waals surface area contributed by atoms with Gasteiger partial charge < -0.3 is 5.11 Å². The summed E-state index contributed by atoms with van der Waals surface area (Å²) >= 11 is 16.6. The second-order valence-electron chi connectivity index (χ2n) is 2.70. The number of aliphatic hydroxyl groups excluding tert-OH is 1. The largest absolute Gasteiger partial charge is 0.384 e. The minimum Gasteiger partial charge on any atom is -0.384 e. The monoisotopic (exact) mass is 251 g/mol. The molecule has 1 N–H and O–H groups in total. The van der Waals surface area contributed by atoms with Gasteiger partial charge in [0.1, 0.15) is 6.10 Å². The number of halogens is 3. The third kappa shape index (κ3) is 2.85. The summed E-state index contributed by atoms with van der Waals surface area (Å²) in [6.07, 6.45) is -1.17. The average molecular weight is 253 g/mol. The van der Waals surface area contributed by atoms with E-state index >= 15 is 0 Å². The quantitative estimate of drug-likeness (QED) is 0.635. The van der Waals surface area contributed by atoms with Crippen molar-refractivity contribution in [1.82, 2.24) is 0 Å². The lowest BCUT2D eigenvalue weighted by atomic mass is 10.1. The molecule has 0 aliphatic rings. The Morgan fingerprint density at radius 1 is 1.36 bits per heavy atom. The highest BCUT2D eigenvalue weighted by molar-refractivity contribution is 6.68. The van der Waals surface area contributed by atoms with Crippen LogP contribution in [0, 0.1) is 0 Å². The molecule has 0 fully saturated rings. The number of alkyl halides is 3. The molecule has 0 aliphatic carbocycles. The van der Waals surface area contributed by atoms with Gasteiger partial charge in [0.05, 0.1) is 5.69 Å². The Labute approximate surface area is 97.1 Å². The molecule has 5 heteroatoms. The molecule has 2 nitrogen and oxygen atoms in total. The Hall–Kier alpha value is -0.280. The van der Waals surface area contributed by atoms with E-state index in [2.05, 4.69) is 11.7 Å². The lowest BCUT2D eigenvalue weighted by molar-refractivity contribution is 0.182. The van der Waals surface area contributed by atoms with Gasteiger partial charge in [0, 0.05) is 0 Å². The molecule has 0 saturated heterocycles. The minimum atomic E-state index is -1.74. The molecule has 0 aromatic heterocycles. The molecule has 0 aliphatic heterocycles. The van der Waals surface area contributed by atoms with Gasteiger partial charge in [-0.3, -0.25) is 4.99 Å². The van der Waals surface area contributed by atoms with E-state index in [1.54, 1.807) is 24.3 Å². The van der Waals surface area contributed by atoms with Gasteiger partial charge in [0.15, 0.2) is 0 Å². The number of hydrogen-bond acceptors (Lipinski definition) is 2.